The summed E-state index contributed by atoms with van der Waals surface area (Å²) < 4.78 is 49.2. The van der Waals surface area contributed by atoms with Gasteiger partial charge in [-0.25, -0.2) is 4.79 Å². The molecule has 0 saturated heterocycles. The molecule has 0 aliphatic carbocycles. The van der Waals surface area contributed by atoms with Crippen molar-refractivity contribution in [3.8, 4) is 5.75 Å². The summed E-state index contributed by atoms with van der Waals surface area (Å²) in [6.45, 7) is 2.09. The van der Waals surface area contributed by atoms with Crippen LogP contribution in [-0.4, -0.2) is 44.2 Å². The minimum absolute atomic E-state index is 0.0595. The average molecular weight is 615 g/mol. The molecule has 8 nitrogen and oxygen atoms in total. The van der Waals surface area contributed by atoms with E-state index < -0.39 is 23.7 Å². The van der Waals surface area contributed by atoms with Crippen LogP contribution in [0.1, 0.15) is 72.5 Å². The second kappa shape index (κ2) is 16.5. The Hall–Kier alpha value is -4.38. The van der Waals surface area contributed by atoms with Crippen molar-refractivity contribution in [3.05, 3.63) is 101 Å². The molecule has 2 amide bonds. The summed E-state index contributed by atoms with van der Waals surface area (Å²) in [6.07, 6.45) is -1.75. The highest BCUT2D eigenvalue weighted by atomic mass is 19.4. The minimum atomic E-state index is -4.89. The van der Waals surface area contributed by atoms with Crippen molar-refractivity contribution in [2.24, 2.45) is 0 Å². The maximum atomic E-state index is 12.6. The van der Waals surface area contributed by atoms with Crippen LogP contribution in [0.2, 0.25) is 0 Å². The van der Waals surface area contributed by atoms with Gasteiger partial charge in [0.2, 0.25) is 0 Å². The number of unbranched alkanes of at least 4 members (excludes halogenated alkanes) is 3. The molecule has 0 aromatic heterocycles. The predicted molar refractivity (Wildman–Crippen MR) is 158 cm³/mol. The van der Waals surface area contributed by atoms with Crippen LogP contribution in [-0.2, 0) is 24.8 Å². The Kier molecular flexibility index (Phi) is 12.8. The Morgan fingerprint density at radius 3 is 1.95 bits per heavy atom. The smallest absolute Gasteiger partial charge is 0.471 e. The topological polar surface area (TPSA) is 103 Å². The van der Waals surface area contributed by atoms with Gasteiger partial charge in [0.1, 0.15) is 11.4 Å². The number of hydrogen-bond donors (Lipinski definition) is 2. The first-order valence-corrected chi connectivity index (χ1v) is 14.4. The second-order valence-corrected chi connectivity index (χ2v) is 10.0. The maximum Gasteiger partial charge on any atom is 0.471 e. The third kappa shape index (κ3) is 9.31. The average Bonchev–Trinajstić information content (AvgIpc) is 3.03. The van der Waals surface area contributed by atoms with E-state index in [1.165, 1.54) is 0 Å². The number of halogens is 3. The first-order chi connectivity index (χ1) is 21.1. The van der Waals surface area contributed by atoms with Gasteiger partial charge in [-0.1, -0.05) is 74.4 Å². The molecule has 3 aromatic carbocycles. The van der Waals surface area contributed by atoms with Crippen LogP contribution in [0.4, 0.5) is 13.2 Å². The number of hydrogen-bond acceptors (Lipinski definition) is 6. The SMILES string of the molecule is CCCC(=O)NOC(=O)c1ccc(C(OCCCCCCNC(=O)C(F)(F)F)(c2ccccc2)c2ccc(OC)cc2)cc1. The van der Waals surface area contributed by atoms with Gasteiger partial charge in [0, 0.05) is 19.6 Å². The van der Waals surface area contributed by atoms with E-state index in [0.717, 1.165) is 16.7 Å². The van der Waals surface area contributed by atoms with Crippen LogP contribution < -0.4 is 15.5 Å². The van der Waals surface area contributed by atoms with Gasteiger partial charge >= 0.3 is 18.1 Å². The van der Waals surface area contributed by atoms with Gasteiger partial charge in [-0.2, -0.15) is 18.7 Å². The van der Waals surface area contributed by atoms with Gasteiger partial charge in [0.15, 0.2) is 0 Å². The zero-order valence-corrected chi connectivity index (χ0v) is 24.7. The van der Waals surface area contributed by atoms with Gasteiger partial charge < -0.3 is 19.6 Å². The van der Waals surface area contributed by atoms with Crippen LogP contribution in [0.25, 0.3) is 0 Å². The van der Waals surface area contributed by atoms with Gasteiger partial charge in [-0.05, 0) is 60.2 Å². The fourth-order valence-electron chi connectivity index (χ4n) is 4.64. The van der Waals surface area contributed by atoms with E-state index >= 15 is 0 Å². The second-order valence-electron chi connectivity index (χ2n) is 10.0. The van der Waals surface area contributed by atoms with E-state index in [-0.39, 0.29) is 24.4 Å². The molecule has 0 spiro atoms. The maximum absolute atomic E-state index is 12.6. The molecule has 1 atom stereocenters. The Labute approximate surface area is 254 Å². The first-order valence-electron chi connectivity index (χ1n) is 14.4. The summed E-state index contributed by atoms with van der Waals surface area (Å²) in [6, 6.07) is 23.8. The van der Waals surface area contributed by atoms with Crippen molar-refractivity contribution in [3.63, 3.8) is 0 Å². The number of amides is 2. The van der Waals surface area contributed by atoms with Crippen molar-refractivity contribution in [2.75, 3.05) is 20.3 Å². The molecule has 0 radical (unpaired) electrons. The van der Waals surface area contributed by atoms with Crippen LogP contribution in [0.3, 0.4) is 0 Å². The van der Waals surface area contributed by atoms with Crippen molar-refractivity contribution < 1.29 is 41.9 Å². The molecule has 0 fully saturated rings. The van der Waals surface area contributed by atoms with Gasteiger partial charge in [-0.3, -0.25) is 9.59 Å². The van der Waals surface area contributed by atoms with E-state index in [4.69, 9.17) is 14.3 Å². The number of nitrogens with one attached hydrogen (secondary N) is 2. The van der Waals surface area contributed by atoms with E-state index in [1.807, 2.05) is 66.8 Å². The van der Waals surface area contributed by atoms with E-state index in [1.54, 1.807) is 31.4 Å². The van der Waals surface area contributed by atoms with Crippen LogP contribution >= 0.6 is 0 Å². The van der Waals surface area contributed by atoms with Gasteiger partial charge in [-0.15, -0.1) is 0 Å². The molecular formula is C33H37F3N2O6. The molecule has 11 heteroatoms. The van der Waals surface area contributed by atoms with Crippen LogP contribution in [0, 0.1) is 0 Å². The molecule has 44 heavy (non-hydrogen) atoms. The van der Waals surface area contributed by atoms with Gasteiger partial charge in [0.05, 0.1) is 12.7 Å². The molecule has 0 bridgehead atoms. The number of ether oxygens (including phenoxy) is 2. The molecule has 0 aliphatic rings. The number of carbonyl (C=O) groups excluding carboxylic acids is 3. The normalized spacial score (nSPS) is 12.6. The molecule has 236 valence electrons. The number of methoxy groups -OCH3 is 1. The zero-order chi connectivity index (χ0) is 32.0. The first kappa shape index (κ1) is 34.1. The third-order valence-electron chi connectivity index (χ3n) is 6.87. The Bertz CT molecular complexity index is 1350. The Morgan fingerprint density at radius 2 is 1.36 bits per heavy atom. The highest BCUT2D eigenvalue weighted by Gasteiger charge is 2.39. The number of benzene rings is 3. The van der Waals surface area contributed by atoms with E-state index in [0.29, 0.717) is 44.5 Å². The van der Waals surface area contributed by atoms with Crippen LogP contribution in [0.5, 0.6) is 5.75 Å². The molecule has 0 aliphatic heterocycles. The summed E-state index contributed by atoms with van der Waals surface area (Å²) in [5.74, 6) is -2.37. The van der Waals surface area contributed by atoms with Crippen molar-refractivity contribution >= 4 is 17.8 Å². The monoisotopic (exact) mass is 614 g/mol. The molecular weight excluding hydrogens is 577 g/mol. The molecule has 0 saturated carbocycles. The lowest BCUT2D eigenvalue weighted by Crippen LogP contribution is -2.37. The Balaban J connectivity index is 1.82. The number of hydroxylamine groups is 1. The van der Waals surface area contributed by atoms with E-state index in [2.05, 4.69) is 5.48 Å². The zero-order valence-electron chi connectivity index (χ0n) is 24.7. The Morgan fingerprint density at radius 1 is 0.773 bits per heavy atom. The highest BCUT2D eigenvalue weighted by Crippen LogP contribution is 2.41. The minimum Gasteiger partial charge on any atom is -0.497 e. The van der Waals surface area contributed by atoms with Crippen molar-refractivity contribution in [2.45, 2.75) is 57.2 Å². The standard InChI is InChI=1S/C33H37F3N2O6/c1-3-11-29(39)38-44-30(40)24-14-16-26(17-15-24)32(25-12-7-6-8-13-25,27-18-20-28(42-2)21-19-27)43-23-10-5-4-9-22-37-31(41)33(34,35)36/h6-8,12-21H,3-5,9-11,22-23H2,1-2H3,(H,37,41)(H,38,39). The molecule has 1 unspecified atom stereocenters. The molecule has 3 rings (SSSR count). The quantitative estimate of drug-likeness (QED) is 0.120. The lowest BCUT2D eigenvalue weighted by Gasteiger charge is -2.36. The summed E-state index contributed by atoms with van der Waals surface area (Å²) in [5, 5.41) is 1.88. The van der Waals surface area contributed by atoms with Crippen molar-refractivity contribution in [1.82, 2.24) is 10.8 Å². The lowest BCUT2D eigenvalue weighted by atomic mass is 9.79. The predicted octanol–water partition coefficient (Wildman–Crippen LogP) is 6.23. The third-order valence-corrected chi connectivity index (χ3v) is 6.87. The highest BCUT2D eigenvalue weighted by molar-refractivity contribution is 5.90. The fourth-order valence-corrected chi connectivity index (χ4v) is 4.64. The largest absolute Gasteiger partial charge is 0.497 e. The summed E-state index contributed by atoms with van der Waals surface area (Å²) >= 11 is 0. The molecule has 0 heterocycles. The molecule has 2 N–H and O–H groups in total. The number of alkyl halides is 3. The molecule has 3 aromatic rings. The lowest BCUT2D eigenvalue weighted by molar-refractivity contribution is -0.173. The van der Waals surface area contributed by atoms with Crippen molar-refractivity contribution in [1.29, 1.82) is 0 Å². The fraction of sp³-hybridized carbons (Fsp3) is 0.364. The van der Waals surface area contributed by atoms with Gasteiger partial charge in [0.25, 0.3) is 5.91 Å². The van der Waals surface area contributed by atoms with E-state index in [9.17, 15) is 27.6 Å². The number of carbonyl (C=O) groups is 3. The van der Waals surface area contributed by atoms with Crippen LogP contribution in [0.15, 0.2) is 78.9 Å². The summed E-state index contributed by atoms with van der Waals surface area (Å²) in [4.78, 5) is 40.2. The summed E-state index contributed by atoms with van der Waals surface area (Å²) in [7, 11) is 1.58. The summed E-state index contributed by atoms with van der Waals surface area (Å²) in [5.41, 5.74) is 3.68. The number of rotatable bonds is 15.